The van der Waals surface area contributed by atoms with Gasteiger partial charge in [0.15, 0.2) is 6.61 Å². The first-order chi connectivity index (χ1) is 11.1. The predicted octanol–water partition coefficient (Wildman–Crippen LogP) is 3.36. The van der Waals surface area contributed by atoms with Crippen LogP contribution in [0.5, 0.6) is 5.75 Å². The maximum atomic E-state index is 11.4. The van der Waals surface area contributed by atoms with Crippen LogP contribution in [0.3, 0.4) is 0 Å². The number of benzene rings is 2. The molecule has 2 aliphatic rings. The Bertz CT molecular complexity index is 782. The van der Waals surface area contributed by atoms with Crippen molar-refractivity contribution in [2.45, 2.75) is 18.3 Å². The Morgan fingerprint density at radius 1 is 1.22 bits per heavy atom. The summed E-state index contributed by atoms with van der Waals surface area (Å²) in [4.78, 5) is 11.4. The van der Waals surface area contributed by atoms with Gasteiger partial charge in [0.25, 0.3) is 5.91 Å². The molecule has 4 nitrogen and oxygen atoms in total. The molecule has 1 aliphatic heterocycles. The van der Waals surface area contributed by atoms with Gasteiger partial charge < -0.3 is 15.2 Å². The maximum absolute atomic E-state index is 11.4. The van der Waals surface area contributed by atoms with E-state index in [9.17, 15) is 9.90 Å². The van der Waals surface area contributed by atoms with E-state index in [1.54, 1.807) is 6.07 Å². The van der Waals surface area contributed by atoms with Crippen molar-refractivity contribution in [1.29, 1.82) is 0 Å². The molecule has 2 N–H and O–H groups in total. The zero-order chi connectivity index (χ0) is 16.0. The van der Waals surface area contributed by atoms with Crippen molar-refractivity contribution in [3.63, 3.8) is 0 Å². The minimum Gasteiger partial charge on any atom is -0.482 e. The summed E-state index contributed by atoms with van der Waals surface area (Å²) in [5, 5.41) is 12.8. The third-order valence-corrected chi connectivity index (χ3v) is 4.98. The number of amides is 1. The summed E-state index contributed by atoms with van der Waals surface area (Å²) in [6.07, 6.45) is 2.08. The van der Waals surface area contributed by atoms with Crippen LogP contribution in [0.15, 0.2) is 36.4 Å². The van der Waals surface area contributed by atoms with Gasteiger partial charge in [-0.05, 0) is 36.1 Å². The molecule has 0 aromatic heterocycles. The average molecular weight is 330 g/mol. The van der Waals surface area contributed by atoms with Gasteiger partial charge in [0.1, 0.15) is 5.75 Å². The van der Waals surface area contributed by atoms with E-state index in [0.29, 0.717) is 16.5 Å². The summed E-state index contributed by atoms with van der Waals surface area (Å²) in [6, 6.07) is 11.7. The molecule has 1 fully saturated rings. The summed E-state index contributed by atoms with van der Waals surface area (Å²) in [5.74, 6) is 0.450. The number of fused-ring (bicyclic) bond motifs is 1. The molecule has 1 saturated carbocycles. The Morgan fingerprint density at radius 2 is 1.96 bits per heavy atom. The van der Waals surface area contributed by atoms with Crippen molar-refractivity contribution in [3.05, 3.63) is 47.0 Å². The third kappa shape index (κ3) is 2.48. The van der Waals surface area contributed by atoms with Crippen molar-refractivity contribution in [3.8, 4) is 16.9 Å². The minimum absolute atomic E-state index is 0.0199. The number of carbonyl (C=O) groups excluding carboxylic acids is 1. The van der Waals surface area contributed by atoms with Crippen molar-refractivity contribution < 1.29 is 14.6 Å². The zero-order valence-corrected chi connectivity index (χ0v) is 13.2. The molecule has 0 unspecified atom stereocenters. The Balaban J connectivity index is 1.69. The lowest BCUT2D eigenvalue weighted by atomic mass is 9.94. The van der Waals surface area contributed by atoms with Crippen LogP contribution in [0.25, 0.3) is 11.1 Å². The van der Waals surface area contributed by atoms with Crippen LogP contribution in [-0.4, -0.2) is 24.2 Å². The number of rotatable bonds is 3. The van der Waals surface area contributed by atoms with E-state index >= 15 is 0 Å². The van der Waals surface area contributed by atoms with Crippen molar-refractivity contribution >= 4 is 23.2 Å². The highest BCUT2D eigenvalue weighted by molar-refractivity contribution is 6.33. The fraction of sp³-hybridized carbons (Fsp3) is 0.278. The second-order valence-electron chi connectivity index (χ2n) is 6.18. The zero-order valence-electron chi connectivity index (χ0n) is 12.4. The minimum atomic E-state index is -0.176. The molecule has 0 spiro atoms. The fourth-order valence-electron chi connectivity index (χ4n) is 3.01. The summed E-state index contributed by atoms with van der Waals surface area (Å²) < 4.78 is 5.45. The van der Waals surface area contributed by atoms with Crippen LogP contribution in [0.1, 0.15) is 18.4 Å². The number of aliphatic hydroxyl groups excluding tert-OH is 1. The molecular weight excluding hydrogens is 314 g/mol. The lowest BCUT2D eigenvalue weighted by Gasteiger charge is -2.20. The number of anilines is 1. The number of hydrogen-bond donors (Lipinski definition) is 2. The first kappa shape index (κ1) is 14.5. The van der Waals surface area contributed by atoms with Crippen molar-refractivity contribution in [2.24, 2.45) is 0 Å². The molecule has 1 aliphatic carbocycles. The van der Waals surface area contributed by atoms with Gasteiger partial charge in [0, 0.05) is 11.0 Å². The molecule has 2 aromatic carbocycles. The average Bonchev–Trinajstić information content (AvgIpc) is 3.35. The SMILES string of the molecule is O=C1COc2cc(-c3ccc(C4(CO)CC4)cc3)c(Cl)cc2N1. The molecule has 1 heterocycles. The van der Waals surface area contributed by atoms with Gasteiger partial charge >= 0.3 is 0 Å². The topological polar surface area (TPSA) is 58.6 Å². The number of halogens is 1. The molecule has 118 valence electrons. The van der Waals surface area contributed by atoms with Crippen LogP contribution < -0.4 is 10.1 Å². The van der Waals surface area contributed by atoms with Crippen molar-refractivity contribution in [2.75, 3.05) is 18.5 Å². The molecule has 5 heteroatoms. The van der Waals surface area contributed by atoms with E-state index in [0.717, 1.165) is 24.0 Å². The Hall–Kier alpha value is -2.04. The number of aliphatic hydroxyl groups is 1. The maximum Gasteiger partial charge on any atom is 0.262 e. The van der Waals surface area contributed by atoms with E-state index in [2.05, 4.69) is 17.4 Å². The third-order valence-electron chi connectivity index (χ3n) is 4.67. The van der Waals surface area contributed by atoms with Crippen LogP contribution >= 0.6 is 11.6 Å². The summed E-state index contributed by atoms with van der Waals surface area (Å²) >= 11 is 6.37. The summed E-state index contributed by atoms with van der Waals surface area (Å²) in [5.41, 5.74) is 3.58. The van der Waals surface area contributed by atoms with Crippen molar-refractivity contribution in [1.82, 2.24) is 0 Å². The van der Waals surface area contributed by atoms with E-state index in [1.807, 2.05) is 18.2 Å². The molecule has 2 aromatic rings. The highest BCUT2D eigenvalue weighted by Crippen LogP contribution is 2.48. The highest BCUT2D eigenvalue weighted by Gasteiger charge is 2.43. The van der Waals surface area contributed by atoms with E-state index in [4.69, 9.17) is 16.3 Å². The molecule has 0 atom stereocenters. The number of nitrogens with one attached hydrogen (secondary N) is 1. The number of hydrogen-bond acceptors (Lipinski definition) is 3. The van der Waals surface area contributed by atoms with E-state index in [-0.39, 0.29) is 24.5 Å². The molecule has 0 saturated heterocycles. The number of ether oxygens (including phenoxy) is 1. The molecule has 4 rings (SSSR count). The van der Waals surface area contributed by atoms with Gasteiger partial charge in [0.2, 0.25) is 0 Å². The molecule has 0 bridgehead atoms. The van der Waals surface area contributed by atoms with Gasteiger partial charge in [-0.3, -0.25) is 4.79 Å². The molecule has 1 amide bonds. The van der Waals surface area contributed by atoms with E-state index < -0.39 is 0 Å². The normalized spacial score (nSPS) is 17.9. The van der Waals surface area contributed by atoms with Crippen LogP contribution in [0, 0.1) is 0 Å². The molecular formula is C18H16ClNO3. The monoisotopic (exact) mass is 329 g/mol. The van der Waals surface area contributed by atoms with Crippen LogP contribution in [0.2, 0.25) is 5.02 Å². The number of carbonyl (C=O) groups is 1. The van der Waals surface area contributed by atoms with Gasteiger partial charge in [-0.25, -0.2) is 0 Å². The Labute approximate surface area is 139 Å². The molecule has 0 radical (unpaired) electrons. The summed E-state index contributed by atoms with van der Waals surface area (Å²) in [6.45, 7) is 0.214. The van der Waals surface area contributed by atoms with E-state index in [1.165, 1.54) is 5.56 Å². The van der Waals surface area contributed by atoms with Crippen LogP contribution in [0.4, 0.5) is 5.69 Å². The lowest BCUT2D eigenvalue weighted by molar-refractivity contribution is -0.118. The Morgan fingerprint density at radius 3 is 2.61 bits per heavy atom. The van der Waals surface area contributed by atoms with Gasteiger partial charge in [-0.1, -0.05) is 35.9 Å². The summed E-state index contributed by atoms with van der Waals surface area (Å²) in [7, 11) is 0. The quantitative estimate of drug-likeness (QED) is 0.907. The Kier molecular flexibility index (Phi) is 3.32. The standard InChI is InChI=1S/C18H16ClNO3/c19-14-8-15-16(23-9-17(22)20-15)7-13(14)11-1-3-12(4-2-11)18(10-21)5-6-18/h1-4,7-8,21H,5-6,9-10H2,(H,20,22). The second-order valence-corrected chi connectivity index (χ2v) is 6.59. The van der Waals surface area contributed by atoms with Gasteiger partial charge in [0.05, 0.1) is 17.3 Å². The van der Waals surface area contributed by atoms with Gasteiger partial charge in [-0.2, -0.15) is 0 Å². The van der Waals surface area contributed by atoms with Gasteiger partial charge in [-0.15, -0.1) is 0 Å². The predicted molar refractivity (Wildman–Crippen MR) is 89.0 cm³/mol. The molecule has 23 heavy (non-hydrogen) atoms. The lowest BCUT2D eigenvalue weighted by Crippen LogP contribution is -2.25. The fourth-order valence-corrected chi connectivity index (χ4v) is 3.29. The largest absolute Gasteiger partial charge is 0.482 e. The first-order valence-electron chi connectivity index (χ1n) is 7.59. The second kappa shape index (κ2) is 5.25. The smallest absolute Gasteiger partial charge is 0.262 e. The highest BCUT2D eigenvalue weighted by atomic mass is 35.5. The van der Waals surface area contributed by atoms with Crippen LogP contribution in [-0.2, 0) is 10.2 Å². The first-order valence-corrected chi connectivity index (χ1v) is 7.97.